The third-order valence-corrected chi connectivity index (χ3v) is 4.10. The minimum Gasteiger partial charge on any atom is -0.334 e. The van der Waals surface area contributed by atoms with Gasteiger partial charge in [-0.2, -0.15) is 5.26 Å². The lowest BCUT2D eigenvalue weighted by Gasteiger charge is -2.27. The number of benzene rings is 1. The summed E-state index contributed by atoms with van der Waals surface area (Å²) in [6, 6.07) is 9.68. The second-order valence-electron chi connectivity index (χ2n) is 5.68. The summed E-state index contributed by atoms with van der Waals surface area (Å²) in [4.78, 5) is 18.2. The molecule has 6 heteroatoms. The van der Waals surface area contributed by atoms with Gasteiger partial charge in [-0.1, -0.05) is 12.1 Å². The number of carbonyl (C=O) groups excluding carboxylic acids is 1. The van der Waals surface area contributed by atoms with Crippen molar-refractivity contribution in [3.8, 4) is 6.07 Å². The third kappa shape index (κ3) is 3.41. The van der Waals surface area contributed by atoms with Gasteiger partial charge in [-0.25, -0.2) is 4.98 Å². The van der Waals surface area contributed by atoms with Crippen molar-refractivity contribution in [1.82, 2.24) is 19.8 Å². The molecule has 1 amide bonds. The second kappa shape index (κ2) is 6.63. The summed E-state index contributed by atoms with van der Waals surface area (Å²) in [6.45, 7) is 5.19. The Balaban J connectivity index is 1.78. The minimum atomic E-state index is 0.125. The first-order chi connectivity index (χ1) is 11.2. The molecule has 1 fully saturated rings. The van der Waals surface area contributed by atoms with Crippen LogP contribution < -0.4 is 5.32 Å². The average Bonchev–Trinajstić information content (AvgIpc) is 2.91. The van der Waals surface area contributed by atoms with Gasteiger partial charge in [-0.3, -0.25) is 4.79 Å². The van der Waals surface area contributed by atoms with Gasteiger partial charge in [0.2, 0.25) is 5.91 Å². The fourth-order valence-electron chi connectivity index (χ4n) is 2.73. The fourth-order valence-corrected chi connectivity index (χ4v) is 2.73. The van der Waals surface area contributed by atoms with Crippen molar-refractivity contribution in [2.45, 2.75) is 20.0 Å². The number of aryl methyl sites for hydroxylation is 1. The molecule has 1 aliphatic heterocycles. The molecule has 0 spiro atoms. The monoisotopic (exact) mass is 309 g/mol. The van der Waals surface area contributed by atoms with E-state index in [1.165, 1.54) is 0 Å². The predicted molar refractivity (Wildman–Crippen MR) is 85.5 cm³/mol. The smallest absolute Gasteiger partial charge is 0.236 e. The Morgan fingerprint density at radius 3 is 2.78 bits per heavy atom. The molecule has 6 nitrogen and oxygen atoms in total. The highest BCUT2D eigenvalue weighted by Crippen LogP contribution is 2.13. The van der Waals surface area contributed by atoms with Gasteiger partial charge in [0.15, 0.2) is 0 Å². The summed E-state index contributed by atoms with van der Waals surface area (Å²) < 4.78 is 2.12. The van der Waals surface area contributed by atoms with Crippen LogP contribution in [0.15, 0.2) is 30.5 Å². The second-order valence-corrected chi connectivity index (χ2v) is 5.68. The molecular weight excluding hydrogens is 290 g/mol. The van der Waals surface area contributed by atoms with Gasteiger partial charge in [0.25, 0.3) is 0 Å². The van der Waals surface area contributed by atoms with Crippen LogP contribution in [0, 0.1) is 18.3 Å². The van der Waals surface area contributed by atoms with Gasteiger partial charge in [0.05, 0.1) is 36.6 Å². The van der Waals surface area contributed by atoms with Crippen molar-refractivity contribution in [2.75, 3.05) is 19.6 Å². The van der Waals surface area contributed by atoms with E-state index in [1.807, 2.05) is 42.3 Å². The lowest BCUT2D eigenvalue weighted by Crippen LogP contribution is -2.47. The number of hydrogen-bond acceptors (Lipinski definition) is 4. The zero-order valence-corrected chi connectivity index (χ0v) is 13.1. The summed E-state index contributed by atoms with van der Waals surface area (Å²) in [5.74, 6) is 1.05. The van der Waals surface area contributed by atoms with Gasteiger partial charge in [-0.05, 0) is 24.6 Å². The van der Waals surface area contributed by atoms with E-state index in [0.717, 1.165) is 30.2 Å². The third-order valence-electron chi connectivity index (χ3n) is 4.10. The van der Waals surface area contributed by atoms with Crippen LogP contribution in [0.2, 0.25) is 0 Å². The van der Waals surface area contributed by atoms with Crippen LogP contribution in [-0.2, 0) is 17.9 Å². The van der Waals surface area contributed by atoms with Crippen LogP contribution >= 0.6 is 0 Å². The number of carbonyl (C=O) groups is 1. The van der Waals surface area contributed by atoms with E-state index in [0.29, 0.717) is 25.2 Å². The largest absolute Gasteiger partial charge is 0.334 e. The van der Waals surface area contributed by atoms with E-state index in [2.05, 4.69) is 20.9 Å². The number of nitrogens with zero attached hydrogens (tertiary/aromatic N) is 4. The standard InChI is InChI=1S/C17H19N5O/c1-13-20-9-16(12-21-7-6-19-10-17(21)23)22(13)11-15-4-2-14(8-18)3-5-15/h2-5,9,19H,6-7,10-12H2,1H3. The molecule has 2 aromatic rings. The molecule has 1 aromatic carbocycles. The van der Waals surface area contributed by atoms with E-state index in [9.17, 15) is 4.79 Å². The first-order valence-corrected chi connectivity index (χ1v) is 7.66. The molecule has 23 heavy (non-hydrogen) atoms. The topological polar surface area (TPSA) is 74.0 Å². The van der Waals surface area contributed by atoms with Gasteiger partial charge in [0, 0.05) is 19.6 Å². The van der Waals surface area contributed by atoms with Crippen molar-refractivity contribution in [1.29, 1.82) is 5.26 Å². The first-order valence-electron chi connectivity index (χ1n) is 7.66. The Morgan fingerprint density at radius 1 is 1.30 bits per heavy atom. The number of nitrogens with one attached hydrogen (secondary N) is 1. The van der Waals surface area contributed by atoms with E-state index in [4.69, 9.17) is 5.26 Å². The molecule has 1 N–H and O–H groups in total. The molecule has 118 valence electrons. The van der Waals surface area contributed by atoms with Crippen molar-refractivity contribution in [3.05, 3.63) is 53.1 Å². The summed E-state index contributed by atoms with van der Waals surface area (Å²) >= 11 is 0. The molecule has 1 saturated heterocycles. The highest BCUT2D eigenvalue weighted by Gasteiger charge is 2.19. The minimum absolute atomic E-state index is 0.125. The lowest BCUT2D eigenvalue weighted by molar-refractivity contribution is -0.132. The van der Waals surface area contributed by atoms with Crippen LogP contribution in [0.3, 0.4) is 0 Å². The molecule has 0 unspecified atom stereocenters. The zero-order valence-electron chi connectivity index (χ0n) is 13.1. The first kappa shape index (κ1) is 15.3. The number of aromatic nitrogens is 2. The van der Waals surface area contributed by atoms with E-state index in [1.54, 1.807) is 0 Å². The van der Waals surface area contributed by atoms with Crippen LogP contribution in [0.25, 0.3) is 0 Å². The van der Waals surface area contributed by atoms with E-state index in [-0.39, 0.29) is 5.91 Å². The molecule has 0 radical (unpaired) electrons. The van der Waals surface area contributed by atoms with Gasteiger partial charge in [0.1, 0.15) is 5.82 Å². The molecule has 2 heterocycles. The van der Waals surface area contributed by atoms with E-state index < -0.39 is 0 Å². The van der Waals surface area contributed by atoms with Crippen molar-refractivity contribution in [2.24, 2.45) is 0 Å². The van der Waals surface area contributed by atoms with Crippen LogP contribution in [-0.4, -0.2) is 40.0 Å². The molecule has 3 rings (SSSR count). The van der Waals surface area contributed by atoms with E-state index >= 15 is 0 Å². The van der Waals surface area contributed by atoms with Crippen molar-refractivity contribution in [3.63, 3.8) is 0 Å². The van der Waals surface area contributed by atoms with Crippen LogP contribution in [0.1, 0.15) is 22.6 Å². The number of piperazine rings is 1. The number of nitriles is 1. The maximum atomic E-state index is 11.9. The summed E-state index contributed by atoms with van der Waals surface area (Å²) in [5.41, 5.74) is 2.79. The number of rotatable bonds is 4. The molecule has 0 aliphatic carbocycles. The SMILES string of the molecule is Cc1ncc(CN2CCNCC2=O)n1Cc1ccc(C#N)cc1. The zero-order chi connectivity index (χ0) is 16.2. The molecule has 0 saturated carbocycles. The average molecular weight is 309 g/mol. The normalized spacial score (nSPS) is 14.8. The van der Waals surface area contributed by atoms with Crippen molar-refractivity contribution < 1.29 is 4.79 Å². The van der Waals surface area contributed by atoms with Gasteiger partial charge in [-0.15, -0.1) is 0 Å². The Kier molecular flexibility index (Phi) is 4.40. The molecule has 0 atom stereocenters. The molecule has 1 aliphatic rings. The summed E-state index contributed by atoms with van der Waals surface area (Å²) in [6.07, 6.45) is 1.84. The molecule has 1 aromatic heterocycles. The maximum absolute atomic E-state index is 11.9. The number of amides is 1. The Labute approximate surface area is 135 Å². The van der Waals surface area contributed by atoms with Gasteiger partial charge >= 0.3 is 0 Å². The quantitative estimate of drug-likeness (QED) is 0.916. The van der Waals surface area contributed by atoms with Crippen LogP contribution in [0.5, 0.6) is 0 Å². The predicted octanol–water partition coefficient (Wildman–Crippen LogP) is 1.04. The summed E-state index contributed by atoms with van der Waals surface area (Å²) in [7, 11) is 0. The highest BCUT2D eigenvalue weighted by atomic mass is 16.2. The number of hydrogen-bond donors (Lipinski definition) is 1. The summed E-state index contributed by atoms with van der Waals surface area (Å²) in [5, 5.41) is 12.0. The fraction of sp³-hybridized carbons (Fsp3) is 0.353. The van der Waals surface area contributed by atoms with Gasteiger partial charge < -0.3 is 14.8 Å². The van der Waals surface area contributed by atoms with Crippen LogP contribution in [0.4, 0.5) is 0 Å². The Bertz CT molecular complexity index is 741. The van der Waals surface area contributed by atoms with Crippen molar-refractivity contribution >= 4 is 5.91 Å². The Hall–Kier alpha value is -2.65. The maximum Gasteiger partial charge on any atom is 0.236 e. The lowest BCUT2D eigenvalue weighted by atomic mass is 10.1. The number of imidazole rings is 1. The Morgan fingerprint density at radius 2 is 2.09 bits per heavy atom. The molecular formula is C17H19N5O. The molecule has 0 bridgehead atoms. The highest BCUT2D eigenvalue weighted by molar-refractivity contribution is 5.78.